The molecule has 0 atom stereocenters. The van der Waals surface area contributed by atoms with Gasteiger partial charge in [0.05, 0.1) is 6.10 Å². The van der Waals surface area contributed by atoms with Gasteiger partial charge in [-0.05, 0) is 57.3 Å². The fourth-order valence-corrected chi connectivity index (χ4v) is 4.16. The molecule has 0 aromatic heterocycles. The Labute approximate surface area is 167 Å². The van der Waals surface area contributed by atoms with Crippen LogP contribution in [0.25, 0.3) is 0 Å². The lowest BCUT2D eigenvalue weighted by atomic mass is 9.67. The van der Waals surface area contributed by atoms with Crippen molar-refractivity contribution < 1.29 is 9.47 Å². The Kier molecular flexibility index (Phi) is 11.1. The van der Waals surface area contributed by atoms with Crippen LogP contribution in [0.15, 0.2) is 4.99 Å². The second-order valence-electron chi connectivity index (χ2n) is 8.41. The standard InChI is InChI=1S/C22H43N3O2/c1-3-23-21(25-19-22(13-10-14-22)15-18-26-2)24-16-8-9-17-27-20-11-6-4-5-7-12-20/h20H,3-19H2,1-2H3,(H2,23,24,25). The summed E-state index contributed by atoms with van der Waals surface area (Å²) >= 11 is 0. The number of rotatable bonds is 12. The lowest BCUT2D eigenvalue weighted by molar-refractivity contribution is 0.0411. The third-order valence-corrected chi connectivity index (χ3v) is 6.19. The Bertz CT molecular complexity index is 402. The molecule has 0 heterocycles. The number of unbranched alkanes of at least 4 members (excludes halogenated alkanes) is 1. The minimum atomic E-state index is 0.380. The molecule has 0 bridgehead atoms. The molecule has 0 aromatic rings. The van der Waals surface area contributed by atoms with Crippen LogP contribution in [0.4, 0.5) is 0 Å². The predicted octanol–water partition coefficient (Wildman–Crippen LogP) is 4.27. The van der Waals surface area contributed by atoms with Crippen LogP contribution in [0, 0.1) is 5.41 Å². The first-order valence-corrected chi connectivity index (χ1v) is 11.4. The molecule has 27 heavy (non-hydrogen) atoms. The summed E-state index contributed by atoms with van der Waals surface area (Å²) in [5.41, 5.74) is 0.380. The summed E-state index contributed by atoms with van der Waals surface area (Å²) in [6.07, 6.45) is 15.8. The van der Waals surface area contributed by atoms with Crippen LogP contribution in [0.1, 0.15) is 84.0 Å². The molecule has 2 fully saturated rings. The third-order valence-electron chi connectivity index (χ3n) is 6.19. The van der Waals surface area contributed by atoms with E-state index in [0.717, 1.165) is 58.1 Å². The number of methoxy groups -OCH3 is 1. The van der Waals surface area contributed by atoms with E-state index >= 15 is 0 Å². The summed E-state index contributed by atoms with van der Waals surface area (Å²) in [6, 6.07) is 0. The molecule has 0 saturated heterocycles. The number of hydrogen-bond acceptors (Lipinski definition) is 3. The summed E-state index contributed by atoms with van der Waals surface area (Å²) in [7, 11) is 1.79. The maximum absolute atomic E-state index is 6.08. The first-order valence-electron chi connectivity index (χ1n) is 11.4. The summed E-state index contributed by atoms with van der Waals surface area (Å²) in [4.78, 5) is 4.87. The van der Waals surface area contributed by atoms with Gasteiger partial charge in [0.15, 0.2) is 5.96 Å². The number of guanidine groups is 1. The minimum absolute atomic E-state index is 0.380. The van der Waals surface area contributed by atoms with Crippen LogP contribution in [-0.4, -0.2) is 52.0 Å². The molecule has 2 N–H and O–H groups in total. The third kappa shape index (κ3) is 8.82. The molecule has 0 radical (unpaired) electrons. The highest BCUT2D eigenvalue weighted by atomic mass is 16.5. The number of ether oxygens (including phenoxy) is 2. The van der Waals surface area contributed by atoms with Gasteiger partial charge in [0.25, 0.3) is 0 Å². The molecule has 158 valence electrons. The summed E-state index contributed by atoms with van der Waals surface area (Å²) < 4.78 is 11.4. The summed E-state index contributed by atoms with van der Waals surface area (Å²) in [5.74, 6) is 0.964. The van der Waals surface area contributed by atoms with Gasteiger partial charge >= 0.3 is 0 Å². The van der Waals surface area contributed by atoms with Crippen molar-refractivity contribution in [1.82, 2.24) is 10.6 Å². The van der Waals surface area contributed by atoms with E-state index < -0.39 is 0 Å². The van der Waals surface area contributed by atoms with Crippen LogP contribution in [0.2, 0.25) is 0 Å². The van der Waals surface area contributed by atoms with E-state index in [1.54, 1.807) is 7.11 Å². The molecule has 0 unspecified atom stereocenters. The molecule has 2 rings (SSSR count). The van der Waals surface area contributed by atoms with Crippen LogP contribution in [-0.2, 0) is 9.47 Å². The Hall–Kier alpha value is -0.810. The number of nitrogens with one attached hydrogen (secondary N) is 2. The zero-order valence-corrected chi connectivity index (χ0v) is 17.9. The van der Waals surface area contributed by atoms with Gasteiger partial charge in [0.1, 0.15) is 0 Å². The molecular formula is C22H43N3O2. The highest BCUT2D eigenvalue weighted by Gasteiger charge is 2.36. The topological polar surface area (TPSA) is 54.9 Å². The first kappa shape index (κ1) is 22.5. The minimum Gasteiger partial charge on any atom is -0.385 e. The lowest BCUT2D eigenvalue weighted by Gasteiger charge is -2.40. The average Bonchev–Trinajstić information content (AvgIpc) is 2.92. The van der Waals surface area contributed by atoms with E-state index in [1.165, 1.54) is 57.8 Å². The van der Waals surface area contributed by atoms with Gasteiger partial charge in [-0.2, -0.15) is 0 Å². The van der Waals surface area contributed by atoms with Crippen molar-refractivity contribution in [3.05, 3.63) is 0 Å². The molecule has 2 saturated carbocycles. The van der Waals surface area contributed by atoms with Gasteiger partial charge < -0.3 is 20.1 Å². The van der Waals surface area contributed by atoms with E-state index in [4.69, 9.17) is 14.5 Å². The monoisotopic (exact) mass is 381 g/mol. The van der Waals surface area contributed by atoms with Crippen molar-refractivity contribution in [2.24, 2.45) is 10.4 Å². The molecule has 0 aromatic carbocycles. The van der Waals surface area contributed by atoms with Gasteiger partial charge in [-0.15, -0.1) is 0 Å². The van der Waals surface area contributed by atoms with Crippen LogP contribution < -0.4 is 10.6 Å². The molecule has 2 aliphatic rings. The van der Waals surface area contributed by atoms with E-state index in [-0.39, 0.29) is 0 Å². The summed E-state index contributed by atoms with van der Waals surface area (Å²) in [6.45, 7) is 6.66. The maximum Gasteiger partial charge on any atom is 0.191 e. The van der Waals surface area contributed by atoms with Gasteiger partial charge in [-0.25, -0.2) is 0 Å². The van der Waals surface area contributed by atoms with E-state index in [2.05, 4.69) is 17.6 Å². The summed E-state index contributed by atoms with van der Waals surface area (Å²) in [5, 5.41) is 6.88. The Balaban J connectivity index is 1.60. The Morgan fingerprint density at radius 3 is 2.41 bits per heavy atom. The predicted molar refractivity (Wildman–Crippen MR) is 113 cm³/mol. The molecule has 0 amide bonds. The second-order valence-corrected chi connectivity index (χ2v) is 8.41. The quantitative estimate of drug-likeness (QED) is 0.229. The maximum atomic E-state index is 6.08. The van der Waals surface area contributed by atoms with Crippen molar-refractivity contribution in [2.75, 3.05) is 40.0 Å². The molecule has 0 aliphatic heterocycles. The molecule has 2 aliphatic carbocycles. The zero-order chi connectivity index (χ0) is 19.2. The van der Waals surface area contributed by atoms with Gasteiger partial charge in [0.2, 0.25) is 0 Å². The number of nitrogens with zero attached hydrogens (tertiary/aromatic N) is 1. The molecular weight excluding hydrogens is 338 g/mol. The van der Waals surface area contributed by atoms with Gasteiger partial charge in [0, 0.05) is 40.0 Å². The smallest absolute Gasteiger partial charge is 0.191 e. The van der Waals surface area contributed by atoms with Gasteiger partial charge in [-0.1, -0.05) is 32.1 Å². The fraction of sp³-hybridized carbons (Fsp3) is 0.955. The van der Waals surface area contributed by atoms with Crippen molar-refractivity contribution in [3.8, 4) is 0 Å². The number of aliphatic imine (C=N–C) groups is 1. The average molecular weight is 382 g/mol. The van der Waals surface area contributed by atoms with Crippen LogP contribution in [0.5, 0.6) is 0 Å². The van der Waals surface area contributed by atoms with Crippen molar-refractivity contribution >= 4 is 5.96 Å². The SMILES string of the molecule is CCNC(=NCC1(CCOC)CCC1)NCCCCOC1CCCCCC1. The zero-order valence-electron chi connectivity index (χ0n) is 17.9. The highest BCUT2D eigenvalue weighted by Crippen LogP contribution is 2.44. The first-order chi connectivity index (χ1) is 13.3. The lowest BCUT2D eigenvalue weighted by Crippen LogP contribution is -2.40. The largest absolute Gasteiger partial charge is 0.385 e. The number of hydrogen-bond donors (Lipinski definition) is 2. The fourth-order valence-electron chi connectivity index (χ4n) is 4.16. The second kappa shape index (κ2) is 13.4. The molecule has 0 spiro atoms. The van der Waals surface area contributed by atoms with Gasteiger partial charge in [-0.3, -0.25) is 4.99 Å². The Morgan fingerprint density at radius 2 is 1.78 bits per heavy atom. The van der Waals surface area contributed by atoms with E-state index in [0.29, 0.717) is 11.5 Å². The Morgan fingerprint density at radius 1 is 1.00 bits per heavy atom. The molecule has 5 heteroatoms. The van der Waals surface area contributed by atoms with Crippen molar-refractivity contribution in [1.29, 1.82) is 0 Å². The van der Waals surface area contributed by atoms with Crippen LogP contribution in [0.3, 0.4) is 0 Å². The molecule has 5 nitrogen and oxygen atoms in total. The normalized spacial score (nSPS) is 20.7. The van der Waals surface area contributed by atoms with E-state index in [9.17, 15) is 0 Å². The highest BCUT2D eigenvalue weighted by molar-refractivity contribution is 5.79. The van der Waals surface area contributed by atoms with E-state index in [1.807, 2.05) is 0 Å². The van der Waals surface area contributed by atoms with Crippen molar-refractivity contribution in [3.63, 3.8) is 0 Å². The van der Waals surface area contributed by atoms with Crippen molar-refractivity contribution in [2.45, 2.75) is 90.1 Å². The van der Waals surface area contributed by atoms with Crippen LogP contribution >= 0.6 is 0 Å².